The van der Waals surface area contributed by atoms with Crippen LogP contribution >= 0.6 is 0 Å². The second kappa shape index (κ2) is 20.2. The second-order valence-corrected chi connectivity index (χ2v) is 4.00. The van der Waals surface area contributed by atoms with Crippen LogP contribution in [0.2, 0.25) is 0 Å². The van der Waals surface area contributed by atoms with Crippen molar-refractivity contribution in [2.75, 3.05) is 39.3 Å². The van der Waals surface area contributed by atoms with Crippen LogP contribution in [-0.2, 0) is 36.2 Å². The summed E-state index contributed by atoms with van der Waals surface area (Å²) in [5, 5.41) is 34.5. The molecule has 0 heterocycles. The Bertz CT molecular complexity index is 330. The standard InChI is InChI=1S/C10H16N2O8.Fe.2H3N.2H2O/c13-7(14)3-11(4-8(15)16)1-2-12(5-9(17)18)6-10(19)20;;;;;/h1-6H2,(H,13,14)(H,15,16)(H,17,18)(H,19,20);;2*1H3;2*1H2. The Morgan fingerprint density at radius 3 is 0.840 bits per heavy atom. The summed E-state index contributed by atoms with van der Waals surface area (Å²) in [6, 6.07) is 0. The van der Waals surface area contributed by atoms with Gasteiger partial charge in [0.15, 0.2) is 0 Å². The molecule has 0 saturated heterocycles. The van der Waals surface area contributed by atoms with Crippen molar-refractivity contribution in [3.63, 3.8) is 0 Å². The number of carboxylic acids is 4. The van der Waals surface area contributed by atoms with Crippen molar-refractivity contribution in [2.24, 2.45) is 0 Å². The van der Waals surface area contributed by atoms with E-state index in [-0.39, 0.29) is 53.4 Å². The van der Waals surface area contributed by atoms with Crippen LogP contribution < -0.4 is 12.3 Å². The van der Waals surface area contributed by atoms with E-state index in [9.17, 15) is 19.2 Å². The maximum Gasteiger partial charge on any atom is 0.317 e. The number of rotatable bonds is 11. The fourth-order valence-corrected chi connectivity index (χ4v) is 1.48. The topological polar surface area (TPSA) is 289 Å². The van der Waals surface area contributed by atoms with Crippen molar-refractivity contribution in [2.45, 2.75) is 0 Å². The van der Waals surface area contributed by atoms with Crippen molar-refractivity contribution in [1.29, 1.82) is 0 Å². The van der Waals surface area contributed by atoms with E-state index in [2.05, 4.69) is 0 Å². The Morgan fingerprint density at radius 2 is 0.720 bits per heavy atom. The van der Waals surface area contributed by atoms with Crippen LogP contribution in [0.3, 0.4) is 0 Å². The fourth-order valence-electron chi connectivity index (χ4n) is 1.48. The van der Waals surface area contributed by atoms with Gasteiger partial charge in [-0.05, 0) is 0 Å². The molecule has 0 radical (unpaired) electrons. The van der Waals surface area contributed by atoms with Gasteiger partial charge in [0.05, 0.1) is 26.2 Å². The molecule has 0 aliphatic heterocycles. The zero-order chi connectivity index (χ0) is 15.7. The third kappa shape index (κ3) is 24.5. The number of carbonyl (C=O) groups is 4. The largest absolute Gasteiger partial charge is 0.480 e. The van der Waals surface area contributed by atoms with Crippen LogP contribution in [-0.4, -0.2) is 104 Å². The van der Waals surface area contributed by atoms with Crippen molar-refractivity contribution in [1.82, 2.24) is 22.1 Å². The predicted molar refractivity (Wildman–Crippen MR) is 80.7 cm³/mol. The molecule has 0 rings (SSSR count). The SMILES string of the molecule is N.N.O.O.O=C(O)CN(CCN(CC(=O)O)CC(=O)O)CC(=O)O.[Fe]. The van der Waals surface area contributed by atoms with Gasteiger partial charge in [-0.25, -0.2) is 0 Å². The van der Waals surface area contributed by atoms with Crippen LogP contribution in [0.15, 0.2) is 0 Å². The molecule has 0 aliphatic rings. The summed E-state index contributed by atoms with van der Waals surface area (Å²) in [5.41, 5.74) is 0. The van der Waals surface area contributed by atoms with E-state index in [0.29, 0.717) is 0 Å². The monoisotopic (exact) mass is 418 g/mol. The van der Waals surface area contributed by atoms with Gasteiger partial charge in [-0.3, -0.25) is 29.0 Å². The molecular formula is C10H26FeN4O10. The van der Waals surface area contributed by atoms with Gasteiger partial charge >= 0.3 is 23.9 Å². The molecule has 0 aromatic heterocycles. The number of carboxylic acid groups (broad SMARTS) is 4. The molecule has 25 heavy (non-hydrogen) atoms. The minimum atomic E-state index is -1.23. The van der Waals surface area contributed by atoms with E-state index in [4.69, 9.17) is 20.4 Å². The van der Waals surface area contributed by atoms with Crippen molar-refractivity contribution in [3.8, 4) is 0 Å². The smallest absolute Gasteiger partial charge is 0.317 e. The molecule has 14 nitrogen and oxygen atoms in total. The molecule has 0 spiro atoms. The summed E-state index contributed by atoms with van der Waals surface area (Å²) in [5.74, 6) is -4.91. The first-order chi connectivity index (χ1) is 9.20. The van der Waals surface area contributed by atoms with Crippen LogP contribution in [0.1, 0.15) is 0 Å². The van der Waals surface area contributed by atoms with Gasteiger partial charge in [0, 0.05) is 30.2 Å². The average Bonchev–Trinajstić information content (AvgIpc) is 2.22. The first kappa shape index (κ1) is 38.6. The van der Waals surface area contributed by atoms with E-state index < -0.39 is 50.1 Å². The van der Waals surface area contributed by atoms with E-state index in [1.165, 1.54) is 0 Å². The average molecular weight is 418 g/mol. The van der Waals surface area contributed by atoms with Gasteiger partial charge in [-0.1, -0.05) is 0 Å². The fraction of sp³-hybridized carbons (Fsp3) is 0.600. The van der Waals surface area contributed by atoms with E-state index in [1.807, 2.05) is 0 Å². The molecular weight excluding hydrogens is 392 g/mol. The maximum atomic E-state index is 10.6. The molecule has 0 fully saturated rings. The summed E-state index contributed by atoms with van der Waals surface area (Å²) in [6.45, 7) is -2.25. The third-order valence-corrected chi connectivity index (χ3v) is 2.17. The molecule has 0 aliphatic carbocycles. The summed E-state index contributed by atoms with van der Waals surface area (Å²) in [7, 11) is 0. The second-order valence-electron chi connectivity index (χ2n) is 4.00. The maximum absolute atomic E-state index is 10.6. The first-order valence-electron chi connectivity index (χ1n) is 5.52. The van der Waals surface area contributed by atoms with Gasteiger partial charge in [-0.2, -0.15) is 0 Å². The van der Waals surface area contributed by atoms with E-state index in [0.717, 1.165) is 9.80 Å². The molecule has 0 bridgehead atoms. The molecule has 0 amide bonds. The van der Waals surface area contributed by atoms with Gasteiger partial charge in [-0.15, -0.1) is 0 Å². The summed E-state index contributed by atoms with van der Waals surface area (Å²) in [6.07, 6.45) is 0. The Balaban J connectivity index is -0.000000180. The molecule has 15 heteroatoms. The van der Waals surface area contributed by atoms with Crippen molar-refractivity contribution < 1.29 is 67.6 Å². The van der Waals surface area contributed by atoms with Crippen LogP contribution in [0, 0.1) is 0 Å². The Kier molecular flexibility index (Phi) is 31.2. The van der Waals surface area contributed by atoms with E-state index in [1.54, 1.807) is 0 Å². The third-order valence-electron chi connectivity index (χ3n) is 2.17. The van der Waals surface area contributed by atoms with Gasteiger partial charge in [0.2, 0.25) is 0 Å². The Labute approximate surface area is 153 Å². The van der Waals surface area contributed by atoms with Gasteiger partial charge in [0.1, 0.15) is 0 Å². The van der Waals surface area contributed by atoms with Gasteiger partial charge in [0.25, 0.3) is 0 Å². The number of aliphatic carboxylic acids is 4. The van der Waals surface area contributed by atoms with Crippen LogP contribution in [0.4, 0.5) is 0 Å². The molecule has 14 N–H and O–H groups in total. The summed E-state index contributed by atoms with van der Waals surface area (Å²) >= 11 is 0. The van der Waals surface area contributed by atoms with E-state index >= 15 is 0 Å². The molecule has 154 valence electrons. The first-order valence-corrected chi connectivity index (χ1v) is 5.52. The van der Waals surface area contributed by atoms with Crippen molar-refractivity contribution in [3.05, 3.63) is 0 Å². The van der Waals surface area contributed by atoms with Gasteiger partial charge < -0.3 is 43.7 Å². The minimum Gasteiger partial charge on any atom is -0.480 e. The zero-order valence-electron chi connectivity index (χ0n) is 13.3. The molecule has 0 unspecified atom stereocenters. The molecule has 0 atom stereocenters. The normalized spacial score (nSPS) is 8.56. The van der Waals surface area contributed by atoms with Crippen LogP contribution in [0.25, 0.3) is 0 Å². The minimum absolute atomic E-state index is 0. The quantitative estimate of drug-likeness (QED) is 0.179. The zero-order valence-corrected chi connectivity index (χ0v) is 14.4. The van der Waals surface area contributed by atoms with Crippen molar-refractivity contribution >= 4 is 23.9 Å². The molecule has 0 aromatic rings. The molecule has 0 saturated carbocycles. The molecule has 0 aromatic carbocycles. The Hall–Kier alpha value is -1.84. The number of hydrogen-bond acceptors (Lipinski definition) is 8. The number of hydrogen-bond donors (Lipinski definition) is 6. The van der Waals surface area contributed by atoms with Crippen LogP contribution in [0.5, 0.6) is 0 Å². The number of nitrogens with zero attached hydrogens (tertiary/aromatic N) is 2. The predicted octanol–water partition coefficient (Wildman–Crippen LogP) is -3.40. The summed E-state index contributed by atoms with van der Waals surface area (Å²) < 4.78 is 0. The Morgan fingerprint density at radius 1 is 0.560 bits per heavy atom. The summed E-state index contributed by atoms with van der Waals surface area (Å²) in [4.78, 5) is 44.4.